The van der Waals surface area contributed by atoms with Gasteiger partial charge in [0.2, 0.25) is 0 Å². The van der Waals surface area contributed by atoms with Crippen LogP contribution in [0.25, 0.3) is 32.9 Å². The second kappa shape index (κ2) is 11.1. The molecule has 3 atom stereocenters. The van der Waals surface area contributed by atoms with Crippen LogP contribution in [0.1, 0.15) is 24.8 Å². The SMILES string of the molecule is CN(C)C[C@@]1(COc2nc(N3CCC4CNC(C4)C3)c3cc(F)c(-c4c(C(F)(F)F)c(Cl)cc5cnn(C)c45)c(F)c3n2)CC1(F)F. The Labute approximate surface area is 269 Å². The number of anilines is 1. The van der Waals surface area contributed by atoms with E-state index in [2.05, 4.69) is 20.4 Å². The van der Waals surface area contributed by atoms with Crippen molar-refractivity contribution in [1.82, 2.24) is 30.0 Å². The van der Waals surface area contributed by atoms with Crippen molar-refractivity contribution in [2.75, 3.05) is 51.8 Å². The number of aryl methyl sites for hydroxylation is 1. The topological polar surface area (TPSA) is 71.3 Å². The maximum absolute atomic E-state index is 16.8. The van der Waals surface area contributed by atoms with E-state index in [4.69, 9.17) is 16.3 Å². The molecule has 1 saturated carbocycles. The molecule has 0 spiro atoms. The van der Waals surface area contributed by atoms with Crippen LogP contribution >= 0.6 is 11.6 Å². The molecular weight excluding hydrogens is 655 g/mol. The number of hydrogen-bond donors (Lipinski definition) is 1. The molecule has 252 valence electrons. The van der Waals surface area contributed by atoms with Gasteiger partial charge in [0.1, 0.15) is 23.8 Å². The van der Waals surface area contributed by atoms with Gasteiger partial charge in [-0.05, 0) is 51.5 Å². The predicted molar refractivity (Wildman–Crippen MR) is 162 cm³/mol. The molecule has 2 saturated heterocycles. The van der Waals surface area contributed by atoms with Crippen LogP contribution in [0.3, 0.4) is 0 Å². The molecule has 1 N–H and O–H groups in total. The number of halogens is 8. The van der Waals surface area contributed by atoms with Crippen molar-refractivity contribution in [3.05, 3.63) is 40.6 Å². The molecule has 2 unspecified atom stereocenters. The summed E-state index contributed by atoms with van der Waals surface area (Å²) in [6.45, 7) is 1.26. The minimum absolute atomic E-state index is 0.000701. The van der Waals surface area contributed by atoms with Gasteiger partial charge in [-0.25, -0.2) is 17.6 Å². The van der Waals surface area contributed by atoms with Crippen LogP contribution in [0.4, 0.5) is 36.6 Å². The summed E-state index contributed by atoms with van der Waals surface area (Å²) in [7, 11) is 4.65. The number of alkyl halides is 5. The summed E-state index contributed by atoms with van der Waals surface area (Å²) in [6, 6.07) is 1.57. The average molecular weight is 686 g/mol. The predicted octanol–water partition coefficient (Wildman–Crippen LogP) is 6.29. The summed E-state index contributed by atoms with van der Waals surface area (Å²) in [6.07, 6.45) is -2.64. The fourth-order valence-corrected chi connectivity index (χ4v) is 7.56. The summed E-state index contributed by atoms with van der Waals surface area (Å²) in [4.78, 5) is 12.1. The fraction of sp³-hybridized carbons (Fsp3) is 0.516. The summed E-state index contributed by atoms with van der Waals surface area (Å²) in [5, 5.41) is 6.69. The van der Waals surface area contributed by atoms with E-state index in [1.165, 1.54) is 13.2 Å². The third kappa shape index (κ3) is 5.43. The molecule has 0 radical (unpaired) electrons. The molecule has 4 heterocycles. The van der Waals surface area contributed by atoms with Gasteiger partial charge in [0.25, 0.3) is 5.92 Å². The second-order valence-electron chi connectivity index (χ2n) is 13.2. The van der Waals surface area contributed by atoms with Crippen molar-refractivity contribution < 1.29 is 35.5 Å². The van der Waals surface area contributed by atoms with Crippen molar-refractivity contribution in [2.24, 2.45) is 18.4 Å². The number of aromatic nitrogens is 4. The van der Waals surface area contributed by atoms with Gasteiger partial charge in [-0.1, -0.05) is 11.6 Å². The monoisotopic (exact) mass is 685 g/mol. The lowest BCUT2D eigenvalue weighted by molar-refractivity contribution is -0.136. The van der Waals surface area contributed by atoms with Crippen LogP contribution in [0.2, 0.25) is 5.02 Å². The molecule has 8 nitrogen and oxygen atoms in total. The maximum Gasteiger partial charge on any atom is 0.418 e. The number of hydrogen-bond acceptors (Lipinski definition) is 7. The van der Waals surface area contributed by atoms with Crippen LogP contribution in [-0.2, 0) is 13.2 Å². The number of ether oxygens (including phenoxy) is 1. The maximum atomic E-state index is 16.8. The van der Waals surface area contributed by atoms with E-state index in [0.29, 0.717) is 19.0 Å². The van der Waals surface area contributed by atoms with Gasteiger partial charge in [0.15, 0.2) is 5.82 Å². The Balaban J connectivity index is 1.43. The first-order chi connectivity index (χ1) is 22.1. The van der Waals surface area contributed by atoms with Gasteiger partial charge in [0.05, 0.1) is 33.3 Å². The summed E-state index contributed by atoms with van der Waals surface area (Å²) < 4.78 is 113. The highest BCUT2D eigenvalue weighted by Gasteiger charge is 2.71. The average Bonchev–Trinajstić information content (AvgIpc) is 3.18. The van der Waals surface area contributed by atoms with Crippen LogP contribution in [0.5, 0.6) is 6.01 Å². The first-order valence-corrected chi connectivity index (χ1v) is 15.5. The number of rotatable bonds is 7. The summed E-state index contributed by atoms with van der Waals surface area (Å²) in [5.74, 6) is -5.22. The number of nitrogens with zero attached hydrogens (tertiary/aromatic N) is 6. The van der Waals surface area contributed by atoms with Crippen molar-refractivity contribution in [3.63, 3.8) is 0 Å². The van der Waals surface area contributed by atoms with Crippen LogP contribution in [0, 0.1) is 23.0 Å². The summed E-state index contributed by atoms with van der Waals surface area (Å²) >= 11 is 6.10. The Kier molecular flexibility index (Phi) is 7.56. The molecule has 4 aromatic rings. The lowest BCUT2D eigenvalue weighted by atomic mass is 9.94. The first-order valence-electron chi connectivity index (χ1n) is 15.1. The van der Waals surface area contributed by atoms with Crippen LogP contribution < -0.4 is 15.0 Å². The Bertz CT molecular complexity index is 1900. The smallest absolute Gasteiger partial charge is 0.418 e. The van der Waals surface area contributed by atoms with E-state index >= 15 is 8.78 Å². The van der Waals surface area contributed by atoms with E-state index in [9.17, 15) is 22.0 Å². The Morgan fingerprint density at radius 2 is 1.89 bits per heavy atom. The van der Waals surface area contributed by atoms with Crippen molar-refractivity contribution in [3.8, 4) is 17.1 Å². The largest absolute Gasteiger partial charge is 0.463 e. The Morgan fingerprint density at radius 1 is 1.15 bits per heavy atom. The van der Waals surface area contributed by atoms with Crippen molar-refractivity contribution >= 4 is 39.2 Å². The zero-order valence-corrected chi connectivity index (χ0v) is 26.4. The fourth-order valence-electron chi connectivity index (χ4n) is 7.24. The van der Waals surface area contributed by atoms with Crippen LogP contribution in [0.15, 0.2) is 18.3 Å². The zero-order valence-electron chi connectivity index (χ0n) is 25.7. The first kappa shape index (κ1) is 32.1. The Morgan fingerprint density at radius 3 is 2.57 bits per heavy atom. The van der Waals surface area contributed by atoms with Crippen molar-refractivity contribution in [1.29, 1.82) is 0 Å². The highest BCUT2D eigenvalue weighted by Crippen LogP contribution is 2.60. The van der Waals surface area contributed by atoms with Gasteiger partial charge in [-0.15, -0.1) is 0 Å². The molecule has 2 bridgehead atoms. The molecule has 47 heavy (non-hydrogen) atoms. The van der Waals surface area contributed by atoms with Crippen molar-refractivity contribution in [2.45, 2.75) is 37.4 Å². The second-order valence-corrected chi connectivity index (χ2v) is 13.6. The molecular formula is C31H31ClF7N7O. The molecule has 16 heteroatoms. The highest BCUT2D eigenvalue weighted by molar-refractivity contribution is 6.33. The number of fused-ring (bicyclic) bond motifs is 4. The molecule has 3 aliphatic rings. The van der Waals surface area contributed by atoms with Crippen LogP contribution in [-0.4, -0.2) is 83.5 Å². The van der Waals surface area contributed by atoms with E-state index < -0.39 is 75.4 Å². The standard InChI is InChI=1S/C31H31ClF7N7O/c1-44(2)13-29(12-30(29,35)36)14-47-28-42-25-18(27(43-28)46-5-4-15-6-17(11-46)40-9-15)8-20(33)21(24(25)34)22-23(31(37,38)39)19(32)7-16-10-41-45(3)26(16)22/h7-8,10,15,17,40H,4-6,9,11-14H2,1-3H3/t15?,17?,29-/m1/s1. The lowest BCUT2D eigenvalue weighted by Crippen LogP contribution is -2.39. The van der Waals surface area contributed by atoms with Gasteiger partial charge in [-0.3, -0.25) is 4.68 Å². The zero-order chi connectivity index (χ0) is 33.6. The third-order valence-electron chi connectivity index (χ3n) is 9.52. The van der Waals surface area contributed by atoms with Gasteiger partial charge >= 0.3 is 12.2 Å². The molecule has 7 rings (SSSR count). The third-order valence-corrected chi connectivity index (χ3v) is 9.82. The number of nitrogens with one attached hydrogen (secondary N) is 1. The number of benzene rings is 2. The molecule has 2 aliphatic heterocycles. The van der Waals surface area contributed by atoms with Gasteiger partial charge in [0, 0.05) is 55.5 Å². The minimum atomic E-state index is -5.10. The van der Waals surface area contributed by atoms with E-state index in [1.807, 2.05) is 4.90 Å². The van der Waals surface area contributed by atoms with Gasteiger partial charge < -0.3 is 19.9 Å². The minimum Gasteiger partial charge on any atom is -0.463 e. The molecule has 0 amide bonds. The summed E-state index contributed by atoms with van der Waals surface area (Å²) in [5.41, 5.74) is -5.52. The quantitative estimate of drug-likeness (QED) is 0.230. The van der Waals surface area contributed by atoms with Gasteiger partial charge in [-0.2, -0.15) is 28.2 Å². The van der Waals surface area contributed by atoms with E-state index in [-0.39, 0.29) is 34.7 Å². The molecule has 2 aromatic carbocycles. The Hall–Kier alpha value is -3.43. The highest BCUT2D eigenvalue weighted by atomic mass is 35.5. The molecule has 2 aromatic heterocycles. The molecule has 1 aliphatic carbocycles. The van der Waals surface area contributed by atoms with E-state index in [1.54, 1.807) is 19.0 Å². The molecule has 3 fully saturated rings. The van der Waals surface area contributed by atoms with E-state index in [0.717, 1.165) is 36.2 Å². The normalized spacial score (nSPS) is 24.0. The lowest BCUT2D eigenvalue weighted by Gasteiger charge is -2.28.